The molecule has 3 aromatic rings. The van der Waals surface area contributed by atoms with E-state index in [2.05, 4.69) is 28.0 Å². The Morgan fingerprint density at radius 2 is 2.06 bits per heavy atom. The number of hydrogen-bond donors (Lipinski definition) is 1. The molecule has 1 N–H and O–H groups in total. The number of aromatic nitrogens is 2. The van der Waals surface area contributed by atoms with Crippen LogP contribution < -0.4 is 0 Å². The Hall–Kier alpha value is -2.74. The fraction of sp³-hybridized carbons (Fsp3) is 0.375. The summed E-state index contributed by atoms with van der Waals surface area (Å²) < 4.78 is 11.0. The summed E-state index contributed by atoms with van der Waals surface area (Å²) >= 11 is 6.06. The van der Waals surface area contributed by atoms with Gasteiger partial charge in [0.05, 0.1) is 5.92 Å². The Morgan fingerprint density at radius 3 is 2.78 bits per heavy atom. The summed E-state index contributed by atoms with van der Waals surface area (Å²) in [6.45, 7) is 4.94. The summed E-state index contributed by atoms with van der Waals surface area (Å²) in [5, 5.41) is 13.8. The number of rotatable bonds is 10. The van der Waals surface area contributed by atoms with Crippen LogP contribution in [0.4, 0.5) is 0 Å². The summed E-state index contributed by atoms with van der Waals surface area (Å²) in [6, 6.07) is 15.8. The minimum Gasteiger partial charge on any atom is -0.481 e. The fourth-order valence-corrected chi connectivity index (χ4v) is 3.90. The van der Waals surface area contributed by atoms with Gasteiger partial charge in [0.2, 0.25) is 5.82 Å². The largest absolute Gasteiger partial charge is 0.481 e. The van der Waals surface area contributed by atoms with Crippen LogP contribution in [0, 0.1) is 5.92 Å². The normalized spacial score (nSPS) is 15.4. The molecular formula is C24H26ClN3O4. The van der Waals surface area contributed by atoms with Crippen LogP contribution in [0.3, 0.4) is 0 Å². The fourth-order valence-electron chi connectivity index (χ4n) is 3.70. The summed E-state index contributed by atoms with van der Waals surface area (Å²) in [6.07, 6.45) is 0.868. The first kappa shape index (κ1) is 22.5. The van der Waals surface area contributed by atoms with E-state index in [9.17, 15) is 4.79 Å². The lowest BCUT2D eigenvalue weighted by Crippen LogP contribution is -2.49. The first-order chi connectivity index (χ1) is 15.5. The second-order valence-corrected chi connectivity index (χ2v) is 8.67. The van der Waals surface area contributed by atoms with Gasteiger partial charge in [-0.2, -0.15) is 4.98 Å². The van der Waals surface area contributed by atoms with Crippen molar-refractivity contribution in [3.05, 3.63) is 70.6 Å². The van der Waals surface area contributed by atoms with E-state index >= 15 is 0 Å². The van der Waals surface area contributed by atoms with Gasteiger partial charge >= 0.3 is 5.97 Å². The molecule has 1 aliphatic rings. The van der Waals surface area contributed by atoms with E-state index in [0.717, 1.165) is 29.1 Å². The molecule has 7 nitrogen and oxygen atoms in total. The van der Waals surface area contributed by atoms with Gasteiger partial charge in [-0.15, -0.1) is 0 Å². The molecule has 0 spiro atoms. The van der Waals surface area contributed by atoms with Gasteiger partial charge in [-0.05, 0) is 35.6 Å². The number of benzene rings is 2. The molecule has 1 aromatic heterocycles. The van der Waals surface area contributed by atoms with Crippen molar-refractivity contribution >= 4 is 17.6 Å². The standard InChI is InChI=1S/C24H26ClN3O4/c1-16(19-3-2-4-21(25)11-19)9-10-31-15-22-26-23(27-32-22)18-7-5-17(6-8-18)12-28-13-20(14-28)24(29)30/h2-8,11,16,20H,9-10,12-15H2,1H3,(H,29,30). The topological polar surface area (TPSA) is 88.7 Å². The molecular weight excluding hydrogens is 430 g/mol. The first-order valence-electron chi connectivity index (χ1n) is 10.7. The van der Waals surface area contributed by atoms with Crippen molar-refractivity contribution in [2.75, 3.05) is 19.7 Å². The van der Waals surface area contributed by atoms with E-state index in [0.29, 0.717) is 37.3 Å². The van der Waals surface area contributed by atoms with Crippen LogP contribution in [0.15, 0.2) is 53.1 Å². The average molecular weight is 456 g/mol. The van der Waals surface area contributed by atoms with Crippen molar-refractivity contribution in [2.24, 2.45) is 5.92 Å². The van der Waals surface area contributed by atoms with Crippen LogP contribution in [0.2, 0.25) is 5.02 Å². The lowest BCUT2D eigenvalue weighted by molar-refractivity contribution is -0.147. The first-order valence-corrected chi connectivity index (χ1v) is 11.1. The smallest absolute Gasteiger partial charge is 0.309 e. The van der Waals surface area contributed by atoms with Crippen LogP contribution in [0.5, 0.6) is 0 Å². The zero-order chi connectivity index (χ0) is 22.5. The van der Waals surface area contributed by atoms with E-state index < -0.39 is 5.97 Å². The van der Waals surface area contributed by atoms with Gasteiger partial charge in [0.15, 0.2) is 0 Å². The number of hydrogen-bond acceptors (Lipinski definition) is 6. The predicted octanol–water partition coefficient (Wildman–Crippen LogP) is 4.62. The third kappa shape index (κ3) is 5.73. The van der Waals surface area contributed by atoms with Crippen LogP contribution >= 0.6 is 11.6 Å². The quantitative estimate of drug-likeness (QED) is 0.446. The maximum absolute atomic E-state index is 10.9. The maximum atomic E-state index is 10.9. The van der Waals surface area contributed by atoms with Crippen LogP contribution in [0.1, 0.15) is 36.3 Å². The van der Waals surface area contributed by atoms with Gasteiger partial charge in [0.25, 0.3) is 5.89 Å². The van der Waals surface area contributed by atoms with Gasteiger partial charge in [0.1, 0.15) is 6.61 Å². The molecule has 0 aliphatic carbocycles. The molecule has 1 unspecified atom stereocenters. The monoisotopic (exact) mass is 455 g/mol. The molecule has 0 amide bonds. The average Bonchev–Trinajstić information content (AvgIpc) is 3.22. The number of carboxylic acid groups (broad SMARTS) is 1. The Bertz CT molecular complexity index is 1050. The number of carboxylic acids is 1. The zero-order valence-electron chi connectivity index (χ0n) is 17.9. The molecule has 1 saturated heterocycles. The number of ether oxygens (including phenoxy) is 1. The van der Waals surface area contributed by atoms with E-state index in [4.69, 9.17) is 26.0 Å². The van der Waals surface area contributed by atoms with Gasteiger partial charge in [-0.3, -0.25) is 9.69 Å². The van der Waals surface area contributed by atoms with E-state index in [1.54, 1.807) is 0 Å². The highest BCUT2D eigenvalue weighted by atomic mass is 35.5. The molecule has 1 aliphatic heterocycles. The van der Waals surface area contributed by atoms with Crippen molar-refractivity contribution in [3.63, 3.8) is 0 Å². The molecule has 32 heavy (non-hydrogen) atoms. The zero-order valence-corrected chi connectivity index (χ0v) is 18.7. The van der Waals surface area contributed by atoms with Crippen LogP contribution in [-0.4, -0.2) is 45.8 Å². The number of halogens is 1. The number of nitrogens with zero attached hydrogens (tertiary/aromatic N) is 3. The van der Waals surface area contributed by atoms with E-state index in [1.165, 1.54) is 5.56 Å². The molecule has 0 radical (unpaired) electrons. The van der Waals surface area contributed by atoms with Crippen molar-refractivity contribution in [3.8, 4) is 11.4 Å². The second-order valence-electron chi connectivity index (χ2n) is 8.24. The SMILES string of the molecule is CC(CCOCc1nc(-c2ccc(CN3CC(C(=O)O)C3)cc2)no1)c1cccc(Cl)c1. The van der Waals surface area contributed by atoms with Crippen molar-refractivity contribution in [1.29, 1.82) is 0 Å². The molecule has 0 bridgehead atoms. The second kappa shape index (κ2) is 10.3. The maximum Gasteiger partial charge on any atom is 0.309 e. The summed E-state index contributed by atoms with van der Waals surface area (Å²) in [5.74, 6) is 0.354. The van der Waals surface area contributed by atoms with Crippen LogP contribution in [0.25, 0.3) is 11.4 Å². The Kier molecular flexibility index (Phi) is 7.19. The van der Waals surface area contributed by atoms with Gasteiger partial charge in [-0.25, -0.2) is 0 Å². The minimum atomic E-state index is -0.718. The molecule has 168 valence electrons. The van der Waals surface area contributed by atoms with Gasteiger partial charge < -0.3 is 14.4 Å². The lowest BCUT2D eigenvalue weighted by atomic mass is 9.98. The lowest BCUT2D eigenvalue weighted by Gasteiger charge is -2.36. The van der Waals surface area contributed by atoms with E-state index in [1.807, 2.05) is 42.5 Å². The highest BCUT2D eigenvalue weighted by Crippen LogP contribution is 2.23. The molecule has 2 aromatic carbocycles. The number of aliphatic carboxylic acids is 1. The Balaban J connectivity index is 1.22. The highest BCUT2D eigenvalue weighted by Gasteiger charge is 2.32. The molecule has 1 fully saturated rings. The van der Waals surface area contributed by atoms with Crippen molar-refractivity contribution in [1.82, 2.24) is 15.0 Å². The molecule has 4 rings (SSSR count). The predicted molar refractivity (Wildman–Crippen MR) is 120 cm³/mol. The third-order valence-electron chi connectivity index (χ3n) is 5.73. The molecule has 0 saturated carbocycles. The summed E-state index contributed by atoms with van der Waals surface area (Å²) in [4.78, 5) is 17.4. The van der Waals surface area contributed by atoms with Crippen molar-refractivity contribution in [2.45, 2.75) is 32.4 Å². The number of carbonyl (C=O) groups is 1. The van der Waals surface area contributed by atoms with Gasteiger partial charge in [0, 0.05) is 36.8 Å². The molecule has 8 heteroatoms. The minimum absolute atomic E-state index is 0.241. The molecule has 1 atom stereocenters. The summed E-state index contributed by atoms with van der Waals surface area (Å²) in [7, 11) is 0. The Morgan fingerprint density at radius 1 is 1.28 bits per heavy atom. The molecule has 2 heterocycles. The highest BCUT2D eigenvalue weighted by molar-refractivity contribution is 6.30. The van der Waals surface area contributed by atoms with Gasteiger partial charge in [-0.1, -0.05) is 60.1 Å². The third-order valence-corrected chi connectivity index (χ3v) is 5.97. The van der Waals surface area contributed by atoms with Crippen LogP contribution in [-0.2, 0) is 22.7 Å². The number of likely N-dealkylation sites (tertiary alicyclic amines) is 1. The Labute approximate surface area is 192 Å². The summed E-state index contributed by atoms with van der Waals surface area (Å²) in [5.41, 5.74) is 3.18. The van der Waals surface area contributed by atoms with Crippen molar-refractivity contribution < 1.29 is 19.2 Å². The van der Waals surface area contributed by atoms with E-state index in [-0.39, 0.29) is 12.5 Å².